The third-order valence-corrected chi connectivity index (χ3v) is 5.17. The van der Waals surface area contributed by atoms with Crippen LogP contribution in [0.2, 0.25) is 0 Å². The Morgan fingerprint density at radius 3 is 2.06 bits per heavy atom. The van der Waals surface area contributed by atoms with Crippen molar-refractivity contribution in [1.82, 2.24) is 10.6 Å². The first-order valence-corrected chi connectivity index (χ1v) is 12.5. The number of benzene rings is 2. The number of hydrogen-bond donors (Lipinski definition) is 4. The van der Waals surface area contributed by atoms with E-state index in [-0.39, 0.29) is 24.3 Å². The summed E-state index contributed by atoms with van der Waals surface area (Å²) in [7, 11) is 0. The van der Waals surface area contributed by atoms with Crippen molar-refractivity contribution in [2.45, 2.75) is 72.6 Å². The minimum atomic E-state index is -0.923. The number of thiol groups is 1. The summed E-state index contributed by atoms with van der Waals surface area (Å²) in [6.45, 7) is 10.9. The van der Waals surface area contributed by atoms with Gasteiger partial charge in [-0.15, -0.1) is 0 Å². The first-order valence-electron chi connectivity index (χ1n) is 11.6. The van der Waals surface area contributed by atoms with Crippen molar-refractivity contribution in [2.75, 3.05) is 12.8 Å². The van der Waals surface area contributed by atoms with Crippen LogP contribution >= 0.6 is 12.6 Å². The highest BCUT2D eigenvalue weighted by molar-refractivity contribution is 7.79. The lowest BCUT2D eigenvalue weighted by molar-refractivity contribution is -0.120. The molecular formula is C27H40F2N2O2S. The van der Waals surface area contributed by atoms with Crippen LogP contribution in [0.15, 0.2) is 36.4 Å². The second-order valence-electron chi connectivity index (χ2n) is 9.74. The van der Waals surface area contributed by atoms with Gasteiger partial charge in [-0.3, -0.25) is 4.79 Å². The third kappa shape index (κ3) is 11.4. The summed E-state index contributed by atoms with van der Waals surface area (Å²) in [4.78, 5) is 11.6. The van der Waals surface area contributed by atoms with Gasteiger partial charge in [0.15, 0.2) is 0 Å². The summed E-state index contributed by atoms with van der Waals surface area (Å²) in [6.07, 6.45) is 2.82. The Labute approximate surface area is 209 Å². The maximum atomic E-state index is 13.5. The molecule has 0 saturated heterocycles. The van der Waals surface area contributed by atoms with Crippen LogP contribution in [0.5, 0.6) is 0 Å². The molecule has 2 aromatic rings. The molecule has 0 heterocycles. The number of carbonyl (C=O) groups excluding carboxylic acids is 1. The van der Waals surface area contributed by atoms with E-state index in [9.17, 15) is 18.7 Å². The first kappa shape index (κ1) is 30.1. The Kier molecular flexibility index (Phi) is 12.8. The number of carbonyl (C=O) groups is 1. The normalized spacial score (nSPS) is 13.0. The molecule has 190 valence electrons. The number of rotatable bonds is 10. The van der Waals surface area contributed by atoms with Gasteiger partial charge in [-0.05, 0) is 65.3 Å². The summed E-state index contributed by atoms with van der Waals surface area (Å²) >= 11 is 3.53. The monoisotopic (exact) mass is 494 g/mol. The molecule has 0 radical (unpaired) electrons. The van der Waals surface area contributed by atoms with E-state index in [1.165, 1.54) is 30.2 Å². The molecule has 2 atom stereocenters. The highest BCUT2D eigenvalue weighted by atomic mass is 32.1. The Bertz CT molecular complexity index is 896. The maximum Gasteiger partial charge on any atom is 0.217 e. The van der Waals surface area contributed by atoms with Crippen LogP contribution in [0.4, 0.5) is 8.78 Å². The number of aryl methyl sites for hydroxylation is 1. The van der Waals surface area contributed by atoms with E-state index in [1.807, 2.05) is 0 Å². The van der Waals surface area contributed by atoms with Gasteiger partial charge in [0, 0.05) is 26.1 Å². The highest BCUT2D eigenvalue weighted by Crippen LogP contribution is 2.22. The largest absolute Gasteiger partial charge is 0.390 e. The highest BCUT2D eigenvalue weighted by Gasteiger charge is 2.21. The molecule has 0 aliphatic carbocycles. The zero-order valence-electron chi connectivity index (χ0n) is 21.2. The van der Waals surface area contributed by atoms with Gasteiger partial charge in [-0.2, -0.15) is 12.6 Å². The molecule has 7 heteroatoms. The van der Waals surface area contributed by atoms with Crippen molar-refractivity contribution < 1.29 is 18.7 Å². The minimum Gasteiger partial charge on any atom is -0.390 e. The number of halogens is 2. The van der Waals surface area contributed by atoms with Crippen LogP contribution < -0.4 is 10.6 Å². The van der Waals surface area contributed by atoms with Crippen molar-refractivity contribution >= 4 is 18.5 Å². The van der Waals surface area contributed by atoms with Crippen molar-refractivity contribution in [3.05, 3.63) is 70.3 Å². The minimum absolute atomic E-state index is 0.123. The van der Waals surface area contributed by atoms with E-state index in [1.54, 1.807) is 6.26 Å². The molecule has 2 unspecified atom stereocenters. The van der Waals surface area contributed by atoms with Crippen LogP contribution in [0, 0.1) is 17.0 Å². The van der Waals surface area contributed by atoms with Gasteiger partial charge in [-0.1, -0.05) is 45.9 Å². The smallest absolute Gasteiger partial charge is 0.217 e. The number of amides is 1. The van der Waals surface area contributed by atoms with Crippen molar-refractivity contribution in [2.24, 2.45) is 5.41 Å². The number of hydrogen-bond acceptors (Lipinski definition) is 4. The van der Waals surface area contributed by atoms with Gasteiger partial charge in [-0.25, -0.2) is 8.78 Å². The fourth-order valence-electron chi connectivity index (χ4n) is 3.89. The predicted octanol–water partition coefficient (Wildman–Crippen LogP) is 4.86. The molecule has 2 aromatic carbocycles. The van der Waals surface area contributed by atoms with Crippen molar-refractivity contribution in [3.8, 4) is 0 Å². The van der Waals surface area contributed by atoms with Gasteiger partial charge < -0.3 is 15.7 Å². The third-order valence-electron chi connectivity index (χ3n) is 5.17. The van der Waals surface area contributed by atoms with Gasteiger partial charge in [0.1, 0.15) is 11.6 Å². The molecule has 0 aliphatic rings. The maximum absolute atomic E-state index is 13.5. The summed E-state index contributed by atoms with van der Waals surface area (Å²) in [5, 5.41) is 16.6. The molecule has 0 saturated carbocycles. The quantitative estimate of drug-likeness (QED) is 0.357. The Balaban J connectivity index is 0.00000281. The van der Waals surface area contributed by atoms with E-state index < -0.39 is 23.8 Å². The van der Waals surface area contributed by atoms with Crippen LogP contribution in [-0.2, 0) is 30.6 Å². The van der Waals surface area contributed by atoms with E-state index in [0.717, 1.165) is 24.5 Å². The van der Waals surface area contributed by atoms with Crippen molar-refractivity contribution in [1.29, 1.82) is 0 Å². The standard InChI is InChI=1S/C26H36F2N2O2.CH4S/c1-6-18-7-20(14-26(3,4)5)9-21(8-18)15-29-16-25(32)24(30-17(2)31)12-19-10-22(27)13-23(28)11-19;1-2/h7-11,13,24-25,29,32H,6,12,14-16H2,1-5H3,(H,30,31);2H,1H3. The predicted molar refractivity (Wildman–Crippen MR) is 139 cm³/mol. The second-order valence-corrected chi connectivity index (χ2v) is 9.74. The molecule has 2 rings (SSSR count). The lowest BCUT2D eigenvalue weighted by Gasteiger charge is -2.24. The summed E-state index contributed by atoms with van der Waals surface area (Å²) in [6, 6.07) is 9.15. The molecule has 0 aliphatic heterocycles. The average molecular weight is 495 g/mol. The number of aliphatic hydroxyl groups excluding tert-OH is 1. The van der Waals surface area contributed by atoms with E-state index in [4.69, 9.17) is 0 Å². The second kappa shape index (κ2) is 14.4. The van der Waals surface area contributed by atoms with E-state index in [2.05, 4.69) is 69.2 Å². The Morgan fingerprint density at radius 1 is 0.971 bits per heavy atom. The van der Waals surface area contributed by atoms with Gasteiger partial charge in [0.25, 0.3) is 0 Å². The molecule has 0 bridgehead atoms. The van der Waals surface area contributed by atoms with E-state index in [0.29, 0.717) is 12.1 Å². The molecule has 34 heavy (non-hydrogen) atoms. The Morgan fingerprint density at radius 2 is 1.53 bits per heavy atom. The topological polar surface area (TPSA) is 61.4 Å². The van der Waals surface area contributed by atoms with E-state index >= 15 is 0 Å². The Hall–Kier alpha value is -1.96. The first-order chi connectivity index (χ1) is 15.9. The zero-order valence-corrected chi connectivity index (χ0v) is 22.1. The fourth-order valence-corrected chi connectivity index (χ4v) is 3.89. The van der Waals surface area contributed by atoms with Crippen LogP contribution in [-0.4, -0.2) is 36.0 Å². The number of nitrogens with one attached hydrogen (secondary N) is 2. The molecule has 0 aromatic heterocycles. The van der Waals surface area contributed by atoms with Crippen LogP contribution in [0.25, 0.3) is 0 Å². The molecule has 3 N–H and O–H groups in total. The fraction of sp³-hybridized carbons (Fsp3) is 0.519. The summed E-state index contributed by atoms with van der Waals surface area (Å²) in [5.41, 5.74) is 4.27. The van der Waals surface area contributed by atoms with Crippen LogP contribution in [0.1, 0.15) is 56.9 Å². The SMILES string of the molecule is CCc1cc(CNCC(O)C(Cc2cc(F)cc(F)c2)NC(C)=O)cc(CC(C)(C)C)c1.CS. The van der Waals surface area contributed by atoms with Gasteiger partial charge >= 0.3 is 0 Å². The van der Waals surface area contributed by atoms with Crippen molar-refractivity contribution in [3.63, 3.8) is 0 Å². The summed E-state index contributed by atoms with van der Waals surface area (Å²) < 4.78 is 27.1. The molecule has 0 spiro atoms. The lowest BCUT2D eigenvalue weighted by atomic mass is 9.87. The molecule has 1 amide bonds. The summed E-state index contributed by atoms with van der Waals surface area (Å²) in [5.74, 6) is -1.68. The lowest BCUT2D eigenvalue weighted by Crippen LogP contribution is -2.48. The number of aliphatic hydroxyl groups is 1. The van der Waals surface area contributed by atoms with Crippen LogP contribution in [0.3, 0.4) is 0 Å². The average Bonchev–Trinajstić information content (AvgIpc) is 2.72. The van der Waals surface area contributed by atoms with Gasteiger partial charge in [0.2, 0.25) is 5.91 Å². The zero-order chi connectivity index (χ0) is 25.9. The molecule has 4 nitrogen and oxygen atoms in total. The molecule has 0 fully saturated rings. The molecular weight excluding hydrogens is 454 g/mol. The van der Waals surface area contributed by atoms with Gasteiger partial charge in [0.05, 0.1) is 12.1 Å².